The molecular formula is C20H26FN5O. The van der Waals surface area contributed by atoms with Crippen molar-refractivity contribution in [2.75, 3.05) is 63.6 Å². The van der Waals surface area contributed by atoms with E-state index in [9.17, 15) is 9.18 Å². The number of aromatic nitrogens is 1. The highest BCUT2D eigenvalue weighted by Crippen LogP contribution is 2.18. The molecule has 2 aromatic rings. The number of pyridine rings is 1. The quantitative estimate of drug-likeness (QED) is 0.843. The van der Waals surface area contributed by atoms with E-state index in [2.05, 4.69) is 20.1 Å². The molecule has 1 aromatic carbocycles. The summed E-state index contributed by atoms with van der Waals surface area (Å²) in [5.74, 6) is 0.537. The Morgan fingerprint density at radius 2 is 1.81 bits per heavy atom. The summed E-state index contributed by atoms with van der Waals surface area (Å²) in [7, 11) is 4.04. The van der Waals surface area contributed by atoms with Crippen molar-refractivity contribution in [2.24, 2.45) is 0 Å². The van der Waals surface area contributed by atoms with Gasteiger partial charge >= 0.3 is 0 Å². The second-order valence-corrected chi connectivity index (χ2v) is 6.92. The van der Waals surface area contributed by atoms with E-state index in [0.29, 0.717) is 18.7 Å². The molecule has 0 unspecified atom stereocenters. The second kappa shape index (κ2) is 8.81. The Labute approximate surface area is 159 Å². The van der Waals surface area contributed by atoms with Crippen LogP contribution in [0.3, 0.4) is 0 Å². The first-order valence-corrected chi connectivity index (χ1v) is 9.17. The van der Waals surface area contributed by atoms with Gasteiger partial charge in [0.25, 0.3) is 5.91 Å². The lowest BCUT2D eigenvalue weighted by molar-refractivity contribution is 0.0746. The predicted molar refractivity (Wildman–Crippen MR) is 106 cm³/mol. The molecule has 1 amide bonds. The summed E-state index contributed by atoms with van der Waals surface area (Å²) in [6.07, 6.45) is 1.63. The Balaban J connectivity index is 1.52. The zero-order chi connectivity index (χ0) is 19.2. The summed E-state index contributed by atoms with van der Waals surface area (Å²) >= 11 is 0. The first-order chi connectivity index (χ1) is 13.0. The van der Waals surface area contributed by atoms with Crippen LogP contribution in [0.15, 0.2) is 42.6 Å². The number of likely N-dealkylation sites (N-methyl/N-ethyl adjacent to an activating group) is 1. The number of piperazine rings is 1. The van der Waals surface area contributed by atoms with Crippen LogP contribution in [0.2, 0.25) is 0 Å². The van der Waals surface area contributed by atoms with E-state index >= 15 is 0 Å². The lowest BCUT2D eigenvalue weighted by Gasteiger charge is -2.36. The fourth-order valence-electron chi connectivity index (χ4n) is 3.03. The number of anilines is 2. The van der Waals surface area contributed by atoms with Gasteiger partial charge in [0.15, 0.2) is 0 Å². The zero-order valence-electron chi connectivity index (χ0n) is 15.9. The molecule has 3 rings (SSSR count). The second-order valence-electron chi connectivity index (χ2n) is 6.92. The van der Waals surface area contributed by atoms with Crippen molar-refractivity contribution >= 4 is 17.4 Å². The lowest BCUT2D eigenvalue weighted by Crippen LogP contribution is -2.48. The van der Waals surface area contributed by atoms with E-state index in [1.54, 1.807) is 18.3 Å². The molecule has 1 N–H and O–H groups in total. The molecule has 2 heterocycles. The van der Waals surface area contributed by atoms with Crippen LogP contribution in [0.1, 0.15) is 10.4 Å². The van der Waals surface area contributed by atoms with Crippen LogP contribution in [0.5, 0.6) is 0 Å². The number of benzene rings is 1. The van der Waals surface area contributed by atoms with E-state index in [1.165, 1.54) is 12.1 Å². The summed E-state index contributed by atoms with van der Waals surface area (Å²) in [6.45, 7) is 4.46. The maximum atomic E-state index is 13.1. The number of nitrogens with zero attached hydrogens (tertiary/aromatic N) is 4. The van der Waals surface area contributed by atoms with Crippen molar-refractivity contribution in [1.29, 1.82) is 0 Å². The first-order valence-electron chi connectivity index (χ1n) is 9.17. The third kappa shape index (κ3) is 5.17. The van der Waals surface area contributed by atoms with Gasteiger partial charge in [-0.15, -0.1) is 0 Å². The molecule has 0 saturated carbocycles. The van der Waals surface area contributed by atoms with Crippen molar-refractivity contribution in [1.82, 2.24) is 14.8 Å². The van der Waals surface area contributed by atoms with E-state index < -0.39 is 0 Å². The highest BCUT2D eigenvalue weighted by atomic mass is 19.1. The molecule has 0 atom stereocenters. The van der Waals surface area contributed by atoms with Gasteiger partial charge in [-0.25, -0.2) is 9.37 Å². The number of amides is 1. The average Bonchev–Trinajstić information content (AvgIpc) is 2.68. The number of carbonyl (C=O) groups is 1. The van der Waals surface area contributed by atoms with Gasteiger partial charge in [-0.3, -0.25) is 4.79 Å². The molecule has 7 heteroatoms. The molecule has 144 valence electrons. The number of halogens is 1. The largest absolute Gasteiger partial charge is 0.369 e. The van der Waals surface area contributed by atoms with Gasteiger partial charge < -0.3 is 20.0 Å². The maximum absolute atomic E-state index is 13.1. The van der Waals surface area contributed by atoms with Gasteiger partial charge in [-0.05, 0) is 50.5 Å². The SMILES string of the molecule is CN(C)CCNc1ccc(C(=O)N2CCN(c3ccc(F)cc3)CC2)cn1. The van der Waals surface area contributed by atoms with Gasteiger partial charge in [0.05, 0.1) is 5.56 Å². The summed E-state index contributed by atoms with van der Waals surface area (Å²) in [6, 6.07) is 10.1. The van der Waals surface area contributed by atoms with E-state index in [1.807, 2.05) is 31.1 Å². The zero-order valence-corrected chi connectivity index (χ0v) is 15.9. The molecule has 1 fully saturated rings. The summed E-state index contributed by atoms with van der Waals surface area (Å²) in [5, 5.41) is 3.24. The van der Waals surface area contributed by atoms with E-state index in [4.69, 9.17) is 0 Å². The molecule has 6 nitrogen and oxygen atoms in total. The predicted octanol–water partition coefficient (Wildman–Crippen LogP) is 2.16. The summed E-state index contributed by atoms with van der Waals surface area (Å²) < 4.78 is 13.1. The minimum absolute atomic E-state index is 0.00102. The standard InChI is InChI=1S/C20H26FN5O/c1-24(2)10-9-22-19-8-3-16(15-23-19)20(27)26-13-11-25(12-14-26)18-6-4-17(21)5-7-18/h3-8,15H,9-14H2,1-2H3,(H,22,23). The fourth-order valence-corrected chi connectivity index (χ4v) is 3.03. The van der Waals surface area contributed by atoms with Crippen molar-refractivity contribution in [3.05, 3.63) is 54.0 Å². The van der Waals surface area contributed by atoms with Crippen molar-refractivity contribution in [2.45, 2.75) is 0 Å². The Hall–Kier alpha value is -2.67. The molecule has 1 aliphatic rings. The normalized spacial score (nSPS) is 14.5. The van der Waals surface area contributed by atoms with Gasteiger partial charge in [0.2, 0.25) is 0 Å². The highest BCUT2D eigenvalue weighted by Gasteiger charge is 2.22. The smallest absolute Gasteiger partial charge is 0.255 e. The molecule has 1 saturated heterocycles. The molecule has 0 radical (unpaired) electrons. The average molecular weight is 371 g/mol. The van der Waals surface area contributed by atoms with E-state index in [-0.39, 0.29) is 11.7 Å². The van der Waals surface area contributed by atoms with Crippen LogP contribution in [-0.4, -0.2) is 74.1 Å². The van der Waals surface area contributed by atoms with Gasteiger partial charge in [-0.1, -0.05) is 0 Å². The topological polar surface area (TPSA) is 51.7 Å². The molecule has 0 aliphatic carbocycles. The minimum atomic E-state index is -0.236. The summed E-state index contributed by atoms with van der Waals surface area (Å²) in [4.78, 5) is 23.1. The number of nitrogens with one attached hydrogen (secondary N) is 1. The van der Waals surface area contributed by atoms with Crippen molar-refractivity contribution in [3.8, 4) is 0 Å². The van der Waals surface area contributed by atoms with Crippen LogP contribution >= 0.6 is 0 Å². The molecule has 27 heavy (non-hydrogen) atoms. The van der Waals surface area contributed by atoms with Crippen molar-refractivity contribution < 1.29 is 9.18 Å². The van der Waals surface area contributed by atoms with E-state index in [0.717, 1.165) is 37.7 Å². The lowest BCUT2D eigenvalue weighted by atomic mass is 10.2. The monoisotopic (exact) mass is 371 g/mol. The Kier molecular flexibility index (Phi) is 6.24. The first kappa shape index (κ1) is 19.1. The van der Waals surface area contributed by atoms with Gasteiger partial charge in [-0.2, -0.15) is 0 Å². The number of hydrogen-bond donors (Lipinski definition) is 1. The Bertz CT molecular complexity index is 740. The van der Waals surface area contributed by atoms with Crippen LogP contribution in [0, 0.1) is 5.82 Å². The summed E-state index contributed by atoms with van der Waals surface area (Å²) in [5.41, 5.74) is 1.58. The number of hydrogen-bond acceptors (Lipinski definition) is 5. The van der Waals surface area contributed by atoms with Gasteiger partial charge in [0, 0.05) is 51.2 Å². The molecule has 0 spiro atoms. The molecule has 1 aliphatic heterocycles. The molecular weight excluding hydrogens is 345 g/mol. The third-order valence-corrected chi connectivity index (χ3v) is 4.63. The third-order valence-electron chi connectivity index (χ3n) is 4.63. The minimum Gasteiger partial charge on any atom is -0.369 e. The Morgan fingerprint density at radius 1 is 1.11 bits per heavy atom. The van der Waals surface area contributed by atoms with Gasteiger partial charge in [0.1, 0.15) is 11.6 Å². The number of carbonyl (C=O) groups excluding carboxylic acids is 1. The molecule has 1 aromatic heterocycles. The van der Waals surface area contributed by atoms with Crippen LogP contribution in [0.4, 0.5) is 15.9 Å². The molecule has 0 bridgehead atoms. The maximum Gasteiger partial charge on any atom is 0.255 e. The van der Waals surface area contributed by atoms with Crippen molar-refractivity contribution in [3.63, 3.8) is 0 Å². The Morgan fingerprint density at radius 3 is 2.41 bits per heavy atom. The highest BCUT2D eigenvalue weighted by molar-refractivity contribution is 5.94. The van der Waals surface area contributed by atoms with Crippen LogP contribution in [-0.2, 0) is 0 Å². The van der Waals surface area contributed by atoms with Crippen LogP contribution < -0.4 is 10.2 Å². The number of rotatable bonds is 6. The fraction of sp³-hybridized carbons (Fsp3) is 0.400. The van der Waals surface area contributed by atoms with Crippen LogP contribution in [0.25, 0.3) is 0 Å².